The Kier molecular flexibility index (Phi) is 5.62. The zero-order valence-electron chi connectivity index (χ0n) is 13.2. The van der Waals surface area contributed by atoms with E-state index in [9.17, 15) is 9.18 Å². The second kappa shape index (κ2) is 8.09. The van der Waals surface area contributed by atoms with E-state index >= 15 is 0 Å². The maximum Gasteiger partial charge on any atom is 0.257 e. The lowest BCUT2D eigenvalue weighted by Gasteiger charge is -2.03. The van der Waals surface area contributed by atoms with Gasteiger partial charge in [-0.05, 0) is 29.8 Å². The summed E-state index contributed by atoms with van der Waals surface area (Å²) >= 11 is 2.62. The minimum atomic E-state index is -0.291. The van der Waals surface area contributed by atoms with Crippen molar-refractivity contribution < 1.29 is 13.9 Å². The Labute approximate surface area is 152 Å². The van der Waals surface area contributed by atoms with E-state index in [4.69, 9.17) is 4.74 Å². The topological polar surface area (TPSA) is 64.1 Å². The van der Waals surface area contributed by atoms with Crippen molar-refractivity contribution >= 4 is 34.1 Å². The molecule has 0 saturated carbocycles. The molecule has 0 unspecified atom stereocenters. The summed E-state index contributed by atoms with van der Waals surface area (Å²) in [6.07, 6.45) is 0. The number of nitrogens with zero attached hydrogens (tertiary/aromatic N) is 2. The van der Waals surface area contributed by atoms with Crippen LogP contribution in [0.2, 0.25) is 0 Å². The molecule has 0 aliphatic rings. The van der Waals surface area contributed by atoms with E-state index in [0.29, 0.717) is 32.1 Å². The van der Waals surface area contributed by atoms with E-state index < -0.39 is 0 Å². The first-order valence-electron chi connectivity index (χ1n) is 7.31. The molecule has 5 nitrogen and oxygen atoms in total. The molecule has 0 bridgehead atoms. The van der Waals surface area contributed by atoms with Gasteiger partial charge in [-0.1, -0.05) is 47.4 Å². The largest absolute Gasteiger partial charge is 0.497 e. The molecule has 128 valence electrons. The third-order valence-electron chi connectivity index (χ3n) is 3.27. The molecular formula is C17H14FN3O2S2. The van der Waals surface area contributed by atoms with Crippen LogP contribution in [0, 0.1) is 5.82 Å². The molecule has 25 heavy (non-hydrogen) atoms. The monoisotopic (exact) mass is 375 g/mol. The van der Waals surface area contributed by atoms with Gasteiger partial charge in [-0.3, -0.25) is 10.1 Å². The first kappa shape index (κ1) is 17.4. The summed E-state index contributed by atoms with van der Waals surface area (Å²) in [6, 6.07) is 13.4. The van der Waals surface area contributed by atoms with Crippen LogP contribution in [0.4, 0.5) is 9.52 Å². The van der Waals surface area contributed by atoms with Crippen LogP contribution < -0.4 is 10.1 Å². The van der Waals surface area contributed by atoms with Crippen LogP contribution in [-0.4, -0.2) is 23.2 Å². The summed E-state index contributed by atoms with van der Waals surface area (Å²) < 4.78 is 19.4. The van der Waals surface area contributed by atoms with Crippen molar-refractivity contribution in [1.82, 2.24) is 10.2 Å². The smallest absolute Gasteiger partial charge is 0.257 e. The van der Waals surface area contributed by atoms with Gasteiger partial charge in [0, 0.05) is 11.3 Å². The molecule has 2 aromatic carbocycles. The summed E-state index contributed by atoms with van der Waals surface area (Å²) in [5, 5.41) is 11.1. The number of carbonyl (C=O) groups is 1. The Morgan fingerprint density at radius 2 is 2.08 bits per heavy atom. The third-order valence-corrected chi connectivity index (χ3v) is 5.29. The van der Waals surface area contributed by atoms with E-state index in [1.165, 1.54) is 29.2 Å². The number of nitrogens with one attached hydrogen (secondary N) is 1. The second-order valence-electron chi connectivity index (χ2n) is 4.94. The van der Waals surface area contributed by atoms with Gasteiger partial charge in [0.1, 0.15) is 11.6 Å². The number of thioether (sulfide) groups is 1. The number of carbonyl (C=O) groups excluding carboxylic acids is 1. The number of hydrogen-bond donors (Lipinski definition) is 1. The van der Waals surface area contributed by atoms with E-state index in [-0.39, 0.29) is 11.7 Å². The predicted octanol–water partition coefficient (Wildman–Crippen LogP) is 4.23. The quantitative estimate of drug-likeness (QED) is 0.516. The van der Waals surface area contributed by atoms with Crippen LogP contribution in [0.25, 0.3) is 0 Å². The molecular weight excluding hydrogens is 361 g/mol. The van der Waals surface area contributed by atoms with Crippen molar-refractivity contribution in [2.75, 3.05) is 12.4 Å². The molecule has 0 aliphatic heterocycles. The zero-order chi connectivity index (χ0) is 17.6. The van der Waals surface area contributed by atoms with E-state index in [0.717, 1.165) is 0 Å². The average molecular weight is 375 g/mol. The number of amides is 1. The molecule has 0 spiro atoms. The molecule has 3 rings (SSSR count). The highest BCUT2D eigenvalue weighted by Gasteiger charge is 2.12. The van der Waals surface area contributed by atoms with Crippen molar-refractivity contribution in [1.29, 1.82) is 0 Å². The maximum atomic E-state index is 13.6. The predicted molar refractivity (Wildman–Crippen MR) is 96.8 cm³/mol. The second-order valence-corrected chi connectivity index (χ2v) is 7.14. The number of methoxy groups -OCH3 is 1. The van der Waals surface area contributed by atoms with Gasteiger partial charge in [0.2, 0.25) is 5.13 Å². The fourth-order valence-corrected chi connectivity index (χ4v) is 3.74. The Hall–Kier alpha value is -2.45. The van der Waals surface area contributed by atoms with Crippen LogP contribution in [0.3, 0.4) is 0 Å². The molecule has 1 heterocycles. The van der Waals surface area contributed by atoms with Crippen molar-refractivity contribution in [2.24, 2.45) is 0 Å². The van der Waals surface area contributed by atoms with Gasteiger partial charge in [0.25, 0.3) is 5.91 Å². The third kappa shape index (κ3) is 4.55. The Morgan fingerprint density at radius 3 is 2.88 bits per heavy atom. The highest BCUT2D eigenvalue weighted by atomic mass is 32.2. The Balaban J connectivity index is 1.61. The van der Waals surface area contributed by atoms with E-state index in [2.05, 4.69) is 15.5 Å². The number of benzene rings is 2. The van der Waals surface area contributed by atoms with Gasteiger partial charge >= 0.3 is 0 Å². The summed E-state index contributed by atoms with van der Waals surface area (Å²) in [5.74, 6) is 0.517. The number of aromatic nitrogens is 2. The Bertz CT molecular complexity index is 886. The number of rotatable bonds is 6. The summed E-state index contributed by atoms with van der Waals surface area (Å²) in [7, 11) is 1.54. The van der Waals surface area contributed by atoms with Crippen molar-refractivity contribution in [3.05, 3.63) is 65.5 Å². The molecule has 3 aromatic rings. The fraction of sp³-hybridized carbons (Fsp3) is 0.118. The molecule has 0 aliphatic carbocycles. The first-order valence-corrected chi connectivity index (χ1v) is 9.11. The molecule has 0 fully saturated rings. The average Bonchev–Trinajstić information content (AvgIpc) is 3.08. The maximum absolute atomic E-state index is 13.6. The van der Waals surface area contributed by atoms with Crippen molar-refractivity contribution in [3.63, 3.8) is 0 Å². The summed E-state index contributed by atoms with van der Waals surface area (Å²) in [5.41, 5.74) is 1.07. The van der Waals surface area contributed by atoms with Gasteiger partial charge in [-0.2, -0.15) is 0 Å². The number of hydrogen-bond acceptors (Lipinski definition) is 6. The lowest BCUT2D eigenvalue weighted by atomic mass is 10.2. The van der Waals surface area contributed by atoms with Gasteiger partial charge in [-0.15, -0.1) is 10.2 Å². The molecule has 0 saturated heterocycles. The van der Waals surface area contributed by atoms with Gasteiger partial charge < -0.3 is 4.74 Å². The summed E-state index contributed by atoms with van der Waals surface area (Å²) in [6.45, 7) is 0. The molecule has 1 aromatic heterocycles. The van der Waals surface area contributed by atoms with Gasteiger partial charge in [0.05, 0.1) is 7.11 Å². The normalized spacial score (nSPS) is 10.5. The zero-order valence-corrected chi connectivity index (χ0v) is 14.9. The first-order chi connectivity index (χ1) is 12.2. The highest BCUT2D eigenvalue weighted by Crippen LogP contribution is 2.29. The SMILES string of the molecule is COc1cccc(C(=O)Nc2nnc(SCc3ccccc3F)s2)c1. The molecule has 0 radical (unpaired) electrons. The van der Waals surface area contributed by atoms with Crippen molar-refractivity contribution in [2.45, 2.75) is 10.1 Å². The van der Waals surface area contributed by atoms with E-state index in [1.807, 2.05) is 0 Å². The lowest BCUT2D eigenvalue weighted by molar-refractivity contribution is 0.102. The minimum absolute atomic E-state index is 0.244. The Morgan fingerprint density at radius 1 is 1.24 bits per heavy atom. The number of halogens is 1. The van der Waals surface area contributed by atoms with Gasteiger partial charge in [-0.25, -0.2) is 4.39 Å². The van der Waals surface area contributed by atoms with Gasteiger partial charge in [0.15, 0.2) is 4.34 Å². The molecule has 1 amide bonds. The lowest BCUT2D eigenvalue weighted by Crippen LogP contribution is -2.11. The summed E-state index contributed by atoms with van der Waals surface area (Å²) in [4.78, 5) is 12.2. The minimum Gasteiger partial charge on any atom is -0.497 e. The van der Waals surface area contributed by atoms with E-state index in [1.54, 1.807) is 49.6 Å². The fourth-order valence-electron chi connectivity index (χ4n) is 2.01. The van der Waals surface area contributed by atoms with Crippen LogP contribution in [0.1, 0.15) is 15.9 Å². The highest BCUT2D eigenvalue weighted by molar-refractivity contribution is 8.00. The molecule has 1 N–H and O–H groups in total. The van der Waals surface area contributed by atoms with Crippen molar-refractivity contribution in [3.8, 4) is 5.75 Å². The molecule has 8 heteroatoms. The van der Waals surface area contributed by atoms with Crippen LogP contribution in [0.15, 0.2) is 52.9 Å². The number of anilines is 1. The van der Waals surface area contributed by atoms with Crippen LogP contribution in [0.5, 0.6) is 5.75 Å². The van der Waals surface area contributed by atoms with Crippen LogP contribution in [-0.2, 0) is 5.75 Å². The standard InChI is InChI=1S/C17H14FN3O2S2/c1-23-13-7-4-6-11(9-13)15(22)19-16-20-21-17(25-16)24-10-12-5-2-3-8-14(12)18/h2-9H,10H2,1H3,(H,19,20,22). The van der Waals surface area contributed by atoms with Crippen LogP contribution >= 0.6 is 23.1 Å². The molecule has 0 atom stereocenters. The number of ether oxygens (including phenoxy) is 1.